The Morgan fingerprint density at radius 3 is 2.55 bits per heavy atom. The van der Waals surface area contributed by atoms with Crippen LogP contribution in [-0.4, -0.2) is 17.8 Å². The molecule has 1 N–H and O–H groups in total. The first-order valence-corrected chi connectivity index (χ1v) is 4.04. The molecule has 2 nitrogen and oxygen atoms in total. The van der Waals surface area contributed by atoms with Crippen molar-refractivity contribution in [2.75, 3.05) is 6.67 Å². The maximum Gasteiger partial charge on any atom is 0.306 e. The molecule has 64 valence electrons. The fourth-order valence-electron chi connectivity index (χ4n) is 1.72. The Bertz CT molecular complexity index is 147. The summed E-state index contributed by atoms with van der Waals surface area (Å²) >= 11 is 0. The highest BCUT2D eigenvalue weighted by atomic mass is 19.1. The summed E-state index contributed by atoms with van der Waals surface area (Å²) in [6, 6.07) is 0. The molecule has 11 heavy (non-hydrogen) atoms. The van der Waals surface area contributed by atoms with Crippen LogP contribution < -0.4 is 0 Å². The van der Waals surface area contributed by atoms with E-state index in [9.17, 15) is 9.18 Å². The molecule has 0 bridgehead atoms. The monoisotopic (exact) mass is 160 g/mol. The van der Waals surface area contributed by atoms with E-state index in [1.807, 2.05) is 0 Å². The SMILES string of the molecule is O=C(O)[C@@H]1CCCC[C@H]1CF. The van der Waals surface area contributed by atoms with Gasteiger partial charge in [-0.1, -0.05) is 12.8 Å². The van der Waals surface area contributed by atoms with E-state index in [1.54, 1.807) is 0 Å². The van der Waals surface area contributed by atoms with E-state index in [-0.39, 0.29) is 5.92 Å². The van der Waals surface area contributed by atoms with Crippen molar-refractivity contribution >= 4 is 5.97 Å². The van der Waals surface area contributed by atoms with Crippen molar-refractivity contribution in [2.45, 2.75) is 25.7 Å². The Morgan fingerprint density at radius 1 is 1.45 bits per heavy atom. The molecule has 0 aromatic heterocycles. The summed E-state index contributed by atoms with van der Waals surface area (Å²) in [7, 11) is 0. The molecule has 0 unspecified atom stereocenters. The average molecular weight is 160 g/mol. The molecule has 1 aliphatic rings. The minimum Gasteiger partial charge on any atom is -0.481 e. The molecule has 0 spiro atoms. The van der Waals surface area contributed by atoms with Crippen molar-refractivity contribution in [1.29, 1.82) is 0 Å². The summed E-state index contributed by atoms with van der Waals surface area (Å²) in [4.78, 5) is 10.6. The molecule has 0 aliphatic heterocycles. The molecule has 0 heterocycles. The summed E-state index contributed by atoms with van der Waals surface area (Å²) in [6.07, 6.45) is 3.32. The number of hydrogen-bond acceptors (Lipinski definition) is 1. The minimum atomic E-state index is -0.827. The van der Waals surface area contributed by atoms with Crippen LogP contribution in [0.3, 0.4) is 0 Å². The van der Waals surface area contributed by atoms with Crippen LogP contribution in [0.2, 0.25) is 0 Å². The summed E-state index contributed by atoms with van der Waals surface area (Å²) < 4.78 is 12.2. The Balaban J connectivity index is 2.51. The number of halogens is 1. The van der Waals surface area contributed by atoms with Gasteiger partial charge in [0.25, 0.3) is 0 Å². The van der Waals surface area contributed by atoms with Gasteiger partial charge in [0.05, 0.1) is 12.6 Å². The van der Waals surface area contributed by atoms with Crippen LogP contribution in [0.1, 0.15) is 25.7 Å². The summed E-state index contributed by atoms with van der Waals surface area (Å²) in [5, 5.41) is 8.67. The van der Waals surface area contributed by atoms with E-state index >= 15 is 0 Å². The van der Waals surface area contributed by atoms with Gasteiger partial charge in [-0.25, -0.2) is 0 Å². The second kappa shape index (κ2) is 3.69. The van der Waals surface area contributed by atoms with Gasteiger partial charge in [-0.15, -0.1) is 0 Å². The Morgan fingerprint density at radius 2 is 2.09 bits per heavy atom. The standard InChI is InChI=1S/C8H13FO2/c9-5-6-3-1-2-4-7(6)8(10)11/h6-7H,1-5H2,(H,10,11)/t6-,7+/m0/s1. The molecule has 0 radical (unpaired) electrons. The lowest BCUT2D eigenvalue weighted by molar-refractivity contribution is -0.145. The van der Waals surface area contributed by atoms with Gasteiger partial charge in [0.15, 0.2) is 0 Å². The maximum absolute atomic E-state index is 12.2. The normalized spacial score (nSPS) is 31.7. The fourth-order valence-corrected chi connectivity index (χ4v) is 1.72. The van der Waals surface area contributed by atoms with Crippen LogP contribution in [0.15, 0.2) is 0 Å². The van der Waals surface area contributed by atoms with Crippen molar-refractivity contribution < 1.29 is 14.3 Å². The number of carbonyl (C=O) groups is 1. The minimum absolute atomic E-state index is 0.221. The first-order valence-electron chi connectivity index (χ1n) is 4.04. The predicted octanol–water partition coefficient (Wildman–Crippen LogP) is 1.85. The van der Waals surface area contributed by atoms with Crippen LogP contribution in [0.5, 0.6) is 0 Å². The molecule has 1 rings (SSSR count). The van der Waals surface area contributed by atoms with Gasteiger partial charge in [0, 0.05) is 5.92 Å². The summed E-state index contributed by atoms with van der Waals surface area (Å²) in [6.45, 7) is -0.475. The van der Waals surface area contributed by atoms with Crippen molar-refractivity contribution in [1.82, 2.24) is 0 Å². The van der Waals surface area contributed by atoms with Gasteiger partial charge < -0.3 is 5.11 Å². The van der Waals surface area contributed by atoms with Crippen LogP contribution in [0.4, 0.5) is 4.39 Å². The molecule has 1 fully saturated rings. The molecule has 1 saturated carbocycles. The van der Waals surface area contributed by atoms with Crippen molar-refractivity contribution in [3.8, 4) is 0 Å². The van der Waals surface area contributed by atoms with Crippen molar-refractivity contribution in [3.63, 3.8) is 0 Å². The Kier molecular flexibility index (Phi) is 2.85. The lowest BCUT2D eigenvalue weighted by atomic mass is 9.80. The third-order valence-electron chi connectivity index (χ3n) is 2.42. The maximum atomic E-state index is 12.2. The van der Waals surface area contributed by atoms with E-state index in [1.165, 1.54) is 0 Å². The smallest absolute Gasteiger partial charge is 0.306 e. The Hall–Kier alpha value is -0.600. The van der Waals surface area contributed by atoms with Gasteiger partial charge >= 0.3 is 5.97 Å². The zero-order valence-electron chi connectivity index (χ0n) is 6.42. The molecule has 0 aromatic rings. The highest BCUT2D eigenvalue weighted by Gasteiger charge is 2.30. The van der Waals surface area contributed by atoms with E-state index in [4.69, 9.17) is 5.11 Å². The third-order valence-corrected chi connectivity index (χ3v) is 2.42. The molecule has 2 atom stereocenters. The number of carboxylic acids is 1. The molecule has 3 heteroatoms. The molecular weight excluding hydrogens is 147 g/mol. The molecule has 0 saturated heterocycles. The van der Waals surface area contributed by atoms with E-state index in [2.05, 4.69) is 0 Å². The molecule has 0 aromatic carbocycles. The van der Waals surface area contributed by atoms with Crippen LogP contribution in [0.25, 0.3) is 0 Å². The van der Waals surface area contributed by atoms with Crippen LogP contribution in [0, 0.1) is 11.8 Å². The van der Waals surface area contributed by atoms with Crippen molar-refractivity contribution in [2.24, 2.45) is 11.8 Å². The first kappa shape index (κ1) is 8.50. The number of carboxylic acid groups (broad SMARTS) is 1. The molecule has 0 amide bonds. The highest BCUT2D eigenvalue weighted by molar-refractivity contribution is 5.70. The highest BCUT2D eigenvalue weighted by Crippen LogP contribution is 2.30. The number of rotatable bonds is 2. The predicted molar refractivity (Wildman–Crippen MR) is 39.1 cm³/mol. The molecular formula is C8H13FO2. The van der Waals surface area contributed by atoms with Gasteiger partial charge in [-0.05, 0) is 12.8 Å². The van der Waals surface area contributed by atoms with E-state index in [0.29, 0.717) is 6.42 Å². The second-order valence-electron chi connectivity index (χ2n) is 3.14. The van der Waals surface area contributed by atoms with E-state index in [0.717, 1.165) is 19.3 Å². The van der Waals surface area contributed by atoms with Gasteiger partial charge in [-0.3, -0.25) is 9.18 Å². The van der Waals surface area contributed by atoms with Crippen molar-refractivity contribution in [3.05, 3.63) is 0 Å². The summed E-state index contributed by atoms with van der Waals surface area (Å²) in [5.74, 6) is -1.47. The Labute approximate surface area is 65.4 Å². The largest absolute Gasteiger partial charge is 0.481 e. The first-order chi connectivity index (χ1) is 5.25. The fraction of sp³-hybridized carbons (Fsp3) is 0.875. The quantitative estimate of drug-likeness (QED) is 0.669. The third kappa shape index (κ3) is 1.91. The van der Waals surface area contributed by atoms with Gasteiger partial charge in [0.1, 0.15) is 0 Å². The molecule has 1 aliphatic carbocycles. The second-order valence-corrected chi connectivity index (χ2v) is 3.14. The number of alkyl halides is 1. The van der Waals surface area contributed by atoms with E-state index < -0.39 is 18.6 Å². The number of hydrogen-bond donors (Lipinski definition) is 1. The summed E-state index contributed by atoms with van der Waals surface area (Å²) in [5.41, 5.74) is 0. The lowest BCUT2D eigenvalue weighted by Gasteiger charge is -2.25. The van der Waals surface area contributed by atoms with Crippen LogP contribution in [-0.2, 0) is 4.79 Å². The zero-order valence-corrected chi connectivity index (χ0v) is 6.42. The average Bonchev–Trinajstić information content (AvgIpc) is 2.04. The number of aliphatic carboxylic acids is 1. The van der Waals surface area contributed by atoms with Crippen LogP contribution >= 0.6 is 0 Å². The topological polar surface area (TPSA) is 37.3 Å². The zero-order chi connectivity index (χ0) is 8.27. The lowest BCUT2D eigenvalue weighted by Crippen LogP contribution is -2.28. The van der Waals surface area contributed by atoms with Gasteiger partial charge in [0.2, 0.25) is 0 Å². The van der Waals surface area contributed by atoms with Gasteiger partial charge in [-0.2, -0.15) is 0 Å².